The maximum atomic E-state index is 9.04. The normalized spacial score (nSPS) is 14.9. The maximum Gasteiger partial charge on any atom is 0.190 e. The van der Waals surface area contributed by atoms with Crippen molar-refractivity contribution in [1.29, 1.82) is 5.26 Å². The van der Waals surface area contributed by atoms with Gasteiger partial charge < -0.3 is 9.47 Å². The summed E-state index contributed by atoms with van der Waals surface area (Å²) in [4.78, 5) is 0. The van der Waals surface area contributed by atoms with E-state index in [9.17, 15) is 0 Å². The predicted molar refractivity (Wildman–Crippen MR) is 76.0 cm³/mol. The number of nitrogens with zero attached hydrogens (tertiary/aromatic N) is 3. The number of nitrogens with one attached hydrogen (secondary N) is 1. The Kier molecular flexibility index (Phi) is 3.73. The summed E-state index contributed by atoms with van der Waals surface area (Å²) in [6.45, 7) is 0. The van der Waals surface area contributed by atoms with Gasteiger partial charge >= 0.3 is 0 Å². The minimum absolute atomic E-state index is 0.238. The Morgan fingerprint density at radius 1 is 1.24 bits per heavy atom. The summed E-state index contributed by atoms with van der Waals surface area (Å²) >= 11 is 0. The van der Waals surface area contributed by atoms with Crippen molar-refractivity contribution < 1.29 is 9.47 Å². The van der Waals surface area contributed by atoms with Crippen molar-refractivity contribution in [2.75, 3.05) is 7.11 Å². The van der Waals surface area contributed by atoms with Crippen molar-refractivity contribution >= 4 is 0 Å². The van der Waals surface area contributed by atoms with E-state index >= 15 is 0 Å². The smallest absolute Gasteiger partial charge is 0.190 e. The summed E-state index contributed by atoms with van der Waals surface area (Å²) in [5, 5.41) is 19.4. The second kappa shape index (κ2) is 5.83. The lowest BCUT2D eigenvalue weighted by molar-refractivity contribution is 0.201. The molecule has 1 aromatic carbocycles. The van der Waals surface area contributed by atoms with E-state index in [1.807, 2.05) is 24.3 Å². The number of benzene rings is 1. The number of methoxy groups -OCH3 is 1. The lowest BCUT2D eigenvalue weighted by Crippen LogP contribution is -2.11. The third-order valence-electron chi connectivity index (χ3n) is 3.69. The van der Waals surface area contributed by atoms with Gasteiger partial charge in [0.25, 0.3) is 0 Å². The van der Waals surface area contributed by atoms with E-state index in [0.29, 0.717) is 17.2 Å². The van der Waals surface area contributed by atoms with E-state index in [0.717, 1.165) is 18.4 Å². The van der Waals surface area contributed by atoms with Crippen LogP contribution in [0.5, 0.6) is 11.5 Å². The Morgan fingerprint density at radius 2 is 2.05 bits per heavy atom. The van der Waals surface area contributed by atoms with Gasteiger partial charge in [-0.25, -0.2) is 0 Å². The lowest BCUT2D eigenvalue weighted by atomic mass is 10.1. The number of aromatic nitrogens is 3. The first-order valence-corrected chi connectivity index (χ1v) is 6.97. The quantitative estimate of drug-likeness (QED) is 0.933. The third kappa shape index (κ3) is 2.68. The molecule has 0 bridgehead atoms. The first kappa shape index (κ1) is 13.4. The summed E-state index contributed by atoms with van der Waals surface area (Å²) in [6, 6.07) is 7.55. The zero-order chi connectivity index (χ0) is 14.7. The molecule has 0 saturated heterocycles. The lowest BCUT2D eigenvalue weighted by Gasteiger charge is -2.16. The van der Waals surface area contributed by atoms with E-state index in [4.69, 9.17) is 14.7 Å². The van der Waals surface area contributed by atoms with Gasteiger partial charge in [-0.15, -0.1) is 5.10 Å². The Balaban J connectivity index is 1.94. The van der Waals surface area contributed by atoms with Crippen molar-refractivity contribution in [3.05, 3.63) is 23.9 Å². The standard InChI is InChI=1S/C15H16N4O2/c1-20-13-7-6-10(15-12(9-16)17-19-18-15)8-14(13)21-11-4-2-3-5-11/h6-8,11H,2-5H2,1H3,(H,17,18,19). The molecule has 0 aliphatic heterocycles. The summed E-state index contributed by atoms with van der Waals surface area (Å²) in [6.07, 6.45) is 4.78. The third-order valence-corrected chi connectivity index (χ3v) is 3.69. The van der Waals surface area contributed by atoms with E-state index in [2.05, 4.69) is 15.4 Å². The van der Waals surface area contributed by atoms with Crippen LogP contribution >= 0.6 is 0 Å². The van der Waals surface area contributed by atoms with Crippen LogP contribution in [0.2, 0.25) is 0 Å². The van der Waals surface area contributed by atoms with Gasteiger partial charge in [0, 0.05) is 5.56 Å². The monoisotopic (exact) mass is 284 g/mol. The Morgan fingerprint density at radius 3 is 2.76 bits per heavy atom. The molecule has 2 aromatic rings. The number of hydrogen-bond acceptors (Lipinski definition) is 5. The van der Waals surface area contributed by atoms with Crippen molar-refractivity contribution in [2.24, 2.45) is 0 Å². The molecule has 1 aliphatic rings. The van der Waals surface area contributed by atoms with Crippen LogP contribution in [-0.2, 0) is 0 Å². The van der Waals surface area contributed by atoms with E-state index in [1.165, 1.54) is 12.8 Å². The Labute approximate surface area is 122 Å². The van der Waals surface area contributed by atoms with Gasteiger partial charge in [-0.2, -0.15) is 15.6 Å². The van der Waals surface area contributed by atoms with Crippen molar-refractivity contribution in [3.63, 3.8) is 0 Å². The highest BCUT2D eigenvalue weighted by Crippen LogP contribution is 2.35. The van der Waals surface area contributed by atoms with Gasteiger partial charge in [0.05, 0.1) is 13.2 Å². The number of ether oxygens (including phenoxy) is 2. The number of nitriles is 1. The molecule has 1 saturated carbocycles. The highest BCUT2D eigenvalue weighted by Gasteiger charge is 2.19. The molecule has 0 spiro atoms. The van der Waals surface area contributed by atoms with Crippen LogP contribution in [0.4, 0.5) is 0 Å². The molecule has 0 unspecified atom stereocenters. The summed E-state index contributed by atoms with van der Waals surface area (Å²) in [7, 11) is 1.62. The highest BCUT2D eigenvalue weighted by molar-refractivity contribution is 5.67. The number of H-pyrrole nitrogens is 1. The van der Waals surface area contributed by atoms with Gasteiger partial charge in [0.2, 0.25) is 0 Å². The van der Waals surface area contributed by atoms with E-state index in [-0.39, 0.29) is 11.8 Å². The molecular formula is C15H16N4O2. The molecule has 1 heterocycles. The molecule has 3 rings (SSSR count). The van der Waals surface area contributed by atoms with Gasteiger partial charge in [-0.3, -0.25) is 0 Å². The first-order valence-electron chi connectivity index (χ1n) is 6.97. The number of rotatable bonds is 4. The van der Waals surface area contributed by atoms with Gasteiger partial charge in [0.1, 0.15) is 11.8 Å². The fourth-order valence-corrected chi connectivity index (χ4v) is 2.61. The van der Waals surface area contributed by atoms with Crippen LogP contribution in [0.15, 0.2) is 18.2 Å². The molecule has 21 heavy (non-hydrogen) atoms. The van der Waals surface area contributed by atoms with Crippen LogP contribution in [0.1, 0.15) is 31.4 Å². The average Bonchev–Trinajstić information content (AvgIpc) is 3.18. The summed E-state index contributed by atoms with van der Waals surface area (Å²) < 4.78 is 11.4. The second-order valence-electron chi connectivity index (χ2n) is 5.02. The molecule has 0 atom stereocenters. The second-order valence-corrected chi connectivity index (χ2v) is 5.02. The molecule has 1 fully saturated rings. The molecule has 6 heteroatoms. The number of hydrogen-bond donors (Lipinski definition) is 1. The predicted octanol–water partition coefficient (Wildman–Crippen LogP) is 2.67. The average molecular weight is 284 g/mol. The van der Waals surface area contributed by atoms with Crippen molar-refractivity contribution in [2.45, 2.75) is 31.8 Å². The minimum atomic E-state index is 0.238. The van der Waals surface area contributed by atoms with E-state index < -0.39 is 0 Å². The van der Waals surface area contributed by atoms with Crippen molar-refractivity contribution in [1.82, 2.24) is 15.4 Å². The highest BCUT2D eigenvalue weighted by atomic mass is 16.5. The largest absolute Gasteiger partial charge is 0.493 e. The molecule has 1 aliphatic carbocycles. The minimum Gasteiger partial charge on any atom is -0.493 e. The van der Waals surface area contributed by atoms with E-state index in [1.54, 1.807) is 7.11 Å². The van der Waals surface area contributed by atoms with Crippen LogP contribution in [0.3, 0.4) is 0 Å². The van der Waals surface area contributed by atoms with Crippen molar-refractivity contribution in [3.8, 4) is 28.8 Å². The van der Waals surface area contributed by atoms with Crippen LogP contribution in [0.25, 0.3) is 11.3 Å². The maximum absolute atomic E-state index is 9.04. The van der Waals surface area contributed by atoms with Gasteiger partial charge in [-0.1, -0.05) is 0 Å². The molecule has 6 nitrogen and oxygen atoms in total. The molecule has 1 aromatic heterocycles. The Bertz CT molecular complexity index is 669. The molecule has 0 amide bonds. The fourth-order valence-electron chi connectivity index (χ4n) is 2.61. The topological polar surface area (TPSA) is 83.8 Å². The first-order chi connectivity index (χ1) is 10.3. The van der Waals surface area contributed by atoms with Crippen LogP contribution in [-0.4, -0.2) is 28.6 Å². The number of aromatic amines is 1. The molecule has 0 radical (unpaired) electrons. The molecule has 108 valence electrons. The zero-order valence-electron chi connectivity index (χ0n) is 11.8. The zero-order valence-corrected chi connectivity index (χ0v) is 11.8. The fraction of sp³-hybridized carbons (Fsp3) is 0.400. The molecule has 1 N–H and O–H groups in total. The molecular weight excluding hydrogens is 268 g/mol. The van der Waals surface area contributed by atoms with Crippen LogP contribution in [0, 0.1) is 11.3 Å². The SMILES string of the molecule is COc1ccc(-c2n[nH]nc2C#N)cc1OC1CCCC1. The van der Waals surface area contributed by atoms with Gasteiger partial charge in [-0.05, 0) is 43.9 Å². The summed E-state index contributed by atoms with van der Waals surface area (Å²) in [5.41, 5.74) is 1.58. The Hall–Kier alpha value is -2.55. The summed E-state index contributed by atoms with van der Waals surface area (Å²) in [5.74, 6) is 1.38. The van der Waals surface area contributed by atoms with Gasteiger partial charge in [0.15, 0.2) is 17.2 Å². The van der Waals surface area contributed by atoms with Crippen LogP contribution < -0.4 is 9.47 Å².